The topological polar surface area (TPSA) is 21.3 Å². The lowest BCUT2D eigenvalue weighted by Gasteiger charge is -2.39. The first-order chi connectivity index (χ1) is 20.1. The summed E-state index contributed by atoms with van der Waals surface area (Å²) in [5, 5.41) is 2.58. The molecule has 7 aromatic rings. The molecule has 0 atom stereocenters. The SMILES string of the molecule is CC1(C)c2ccccc2-c2oc3c(c21)N(c1ccccc1)c1ccc2c4ccccc4n4c2c1B3c1ccccc1-4. The van der Waals surface area contributed by atoms with E-state index in [1.807, 2.05) is 0 Å². The van der Waals surface area contributed by atoms with Gasteiger partial charge in [-0.05, 0) is 46.8 Å². The molecular weight excluding hydrogens is 499 g/mol. The molecule has 4 heteroatoms. The molecular formula is C37H25BN2O. The summed E-state index contributed by atoms with van der Waals surface area (Å²) >= 11 is 0. The molecule has 0 radical (unpaired) electrons. The van der Waals surface area contributed by atoms with Gasteiger partial charge in [0, 0.05) is 44.4 Å². The molecule has 4 heterocycles. The van der Waals surface area contributed by atoms with Crippen molar-refractivity contribution in [2.24, 2.45) is 0 Å². The van der Waals surface area contributed by atoms with E-state index in [1.54, 1.807) is 0 Å². The summed E-state index contributed by atoms with van der Waals surface area (Å²) in [6.45, 7) is 4.70. The van der Waals surface area contributed by atoms with Gasteiger partial charge < -0.3 is 13.9 Å². The van der Waals surface area contributed by atoms with Gasteiger partial charge in [-0.15, -0.1) is 0 Å². The maximum Gasteiger partial charge on any atom is 0.297 e. The molecule has 0 N–H and O–H groups in total. The van der Waals surface area contributed by atoms with Gasteiger partial charge in [-0.1, -0.05) is 98.8 Å². The molecule has 192 valence electrons. The van der Waals surface area contributed by atoms with Crippen LogP contribution in [-0.2, 0) is 5.41 Å². The Morgan fingerprint density at radius 3 is 2.34 bits per heavy atom. The quantitative estimate of drug-likeness (QED) is 0.210. The average Bonchev–Trinajstić information content (AvgIpc) is 3.64. The van der Waals surface area contributed by atoms with Gasteiger partial charge in [-0.25, -0.2) is 0 Å². The van der Waals surface area contributed by atoms with E-state index in [2.05, 4.69) is 139 Å². The Morgan fingerprint density at radius 1 is 0.683 bits per heavy atom. The highest BCUT2D eigenvalue weighted by Crippen LogP contribution is 2.56. The fourth-order valence-corrected chi connectivity index (χ4v) is 8.12. The van der Waals surface area contributed by atoms with E-state index in [4.69, 9.17) is 4.42 Å². The second-order valence-electron chi connectivity index (χ2n) is 12.1. The Hall–Kier alpha value is -4.96. The summed E-state index contributed by atoms with van der Waals surface area (Å²) in [5.41, 5.74) is 14.7. The van der Waals surface area contributed by atoms with Gasteiger partial charge in [-0.2, -0.15) is 0 Å². The third-order valence-electron chi connectivity index (χ3n) is 9.75. The highest BCUT2D eigenvalue weighted by atomic mass is 16.3. The Morgan fingerprint density at radius 2 is 1.44 bits per heavy atom. The number of aromatic nitrogens is 1. The van der Waals surface area contributed by atoms with E-state index in [0.717, 1.165) is 17.1 Å². The van der Waals surface area contributed by atoms with E-state index in [1.165, 1.54) is 66.5 Å². The van der Waals surface area contributed by atoms with Crippen LogP contribution in [0.25, 0.3) is 38.8 Å². The molecule has 0 bridgehead atoms. The van der Waals surface area contributed by atoms with E-state index in [0.29, 0.717) is 0 Å². The highest BCUT2D eigenvalue weighted by Gasteiger charge is 2.51. The minimum atomic E-state index is -0.194. The number of benzene rings is 5. The molecule has 3 nitrogen and oxygen atoms in total. The van der Waals surface area contributed by atoms with Gasteiger partial charge in [0.15, 0.2) is 0 Å². The summed E-state index contributed by atoms with van der Waals surface area (Å²) in [6, 6.07) is 42.0. The third kappa shape index (κ3) is 2.45. The van der Waals surface area contributed by atoms with Crippen LogP contribution >= 0.6 is 0 Å². The van der Waals surface area contributed by atoms with E-state index in [9.17, 15) is 0 Å². The van der Waals surface area contributed by atoms with Crippen molar-refractivity contribution < 1.29 is 4.42 Å². The van der Waals surface area contributed by atoms with Crippen LogP contribution in [0.2, 0.25) is 0 Å². The average molecular weight is 524 g/mol. The molecule has 0 unspecified atom stereocenters. The Labute approximate surface area is 238 Å². The van der Waals surface area contributed by atoms with Crippen LogP contribution in [0.5, 0.6) is 0 Å². The zero-order valence-corrected chi connectivity index (χ0v) is 22.8. The number of hydrogen-bond donors (Lipinski definition) is 0. The Balaban J connectivity index is 1.42. The summed E-state index contributed by atoms with van der Waals surface area (Å²) in [7, 11) is 0. The molecule has 0 spiro atoms. The lowest BCUT2D eigenvalue weighted by Crippen LogP contribution is -2.60. The maximum atomic E-state index is 7.18. The summed E-state index contributed by atoms with van der Waals surface area (Å²) < 4.78 is 9.67. The monoisotopic (exact) mass is 524 g/mol. The zero-order valence-electron chi connectivity index (χ0n) is 22.8. The number of hydrogen-bond acceptors (Lipinski definition) is 2. The zero-order chi connectivity index (χ0) is 27.0. The van der Waals surface area contributed by atoms with Crippen molar-refractivity contribution in [3.63, 3.8) is 0 Å². The number of fused-ring (bicyclic) bond motifs is 12. The normalized spacial score (nSPS) is 15.2. The predicted octanol–water partition coefficient (Wildman–Crippen LogP) is 7.30. The van der Waals surface area contributed by atoms with Crippen molar-refractivity contribution in [2.45, 2.75) is 19.3 Å². The summed E-state index contributed by atoms with van der Waals surface area (Å²) in [5.74, 6) is 1.02. The van der Waals surface area contributed by atoms with E-state index < -0.39 is 0 Å². The number of para-hydroxylation sites is 3. The van der Waals surface area contributed by atoms with Gasteiger partial charge >= 0.3 is 0 Å². The minimum absolute atomic E-state index is 0.00485. The van der Waals surface area contributed by atoms with Crippen molar-refractivity contribution in [3.05, 3.63) is 126 Å². The standard InChI is InChI=1S/C37H25BN2O/c1-37(2)26-16-8-6-15-25(26)35-31(37)34-36(41-35)38-27-17-9-11-19-29(27)40-28-18-10-7-14-23(28)24-20-21-30(32(38)33(24)40)39(34)22-12-4-3-5-13-22/h3-21H,1-2H3. The predicted molar refractivity (Wildman–Crippen MR) is 170 cm³/mol. The van der Waals surface area contributed by atoms with Crippen LogP contribution in [0.1, 0.15) is 25.0 Å². The maximum absolute atomic E-state index is 7.18. The van der Waals surface area contributed by atoms with Gasteiger partial charge in [0.05, 0.1) is 22.4 Å². The lowest BCUT2D eigenvalue weighted by atomic mass is 9.36. The fourth-order valence-electron chi connectivity index (χ4n) is 8.12. The molecule has 1 aliphatic carbocycles. The Kier molecular flexibility index (Phi) is 3.84. The molecule has 2 aliphatic heterocycles. The molecule has 3 aliphatic rings. The highest BCUT2D eigenvalue weighted by molar-refractivity contribution is 6.99. The molecule has 0 saturated heterocycles. The van der Waals surface area contributed by atoms with Crippen LogP contribution in [0.3, 0.4) is 0 Å². The smallest absolute Gasteiger partial charge is 0.297 e. The first-order valence-electron chi connectivity index (χ1n) is 14.4. The van der Waals surface area contributed by atoms with Crippen LogP contribution in [0.4, 0.5) is 17.1 Å². The fraction of sp³-hybridized carbons (Fsp3) is 0.0811. The molecule has 41 heavy (non-hydrogen) atoms. The van der Waals surface area contributed by atoms with Gasteiger partial charge in [0.25, 0.3) is 6.71 Å². The van der Waals surface area contributed by atoms with Crippen LogP contribution in [0, 0.1) is 0 Å². The molecule has 10 rings (SSSR count). The number of anilines is 3. The van der Waals surface area contributed by atoms with Crippen molar-refractivity contribution in [1.29, 1.82) is 0 Å². The molecule has 0 saturated carbocycles. The Bertz CT molecular complexity index is 2250. The van der Waals surface area contributed by atoms with Gasteiger partial charge in [-0.3, -0.25) is 0 Å². The van der Waals surface area contributed by atoms with Crippen molar-refractivity contribution >= 4 is 62.2 Å². The second-order valence-corrected chi connectivity index (χ2v) is 12.1. The first kappa shape index (κ1) is 21.8. The van der Waals surface area contributed by atoms with Crippen LogP contribution < -0.4 is 21.5 Å². The molecule has 2 aromatic heterocycles. The van der Waals surface area contributed by atoms with Gasteiger partial charge in [0.2, 0.25) is 0 Å². The first-order valence-corrected chi connectivity index (χ1v) is 14.4. The largest absolute Gasteiger partial charge is 0.468 e. The number of nitrogens with zero attached hydrogens (tertiary/aromatic N) is 2. The minimum Gasteiger partial charge on any atom is -0.468 e. The van der Waals surface area contributed by atoms with Crippen molar-refractivity contribution in [3.8, 4) is 17.0 Å². The van der Waals surface area contributed by atoms with Crippen LogP contribution in [0.15, 0.2) is 120 Å². The summed E-state index contributed by atoms with van der Waals surface area (Å²) in [4.78, 5) is 2.48. The summed E-state index contributed by atoms with van der Waals surface area (Å²) in [6.07, 6.45) is 0. The number of rotatable bonds is 1. The second kappa shape index (κ2) is 7.21. The van der Waals surface area contributed by atoms with E-state index >= 15 is 0 Å². The van der Waals surface area contributed by atoms with Crippen LogP contribution in [-0.4, -0.2) is 11.3 Å². The van der Waals surface area contributed by atoms with E-state index in [-0.39, 0.29) is 12.1 Å². The molecule has 5 aromatic carbocycles. The molecule has 0 amide bonds. The third-order valence-corrected chi connectivity index (χ3v) is 9.75. The van der Waals surface area contributed by atoms with Gasteiger partial charge in [0.1, 0.15) is 5.76 Å². The molecule has 0 fully saturated rings. The van der Waals surface area contributed by atoms with Crippen molar-refractivity contribution in [2.75, 3.05) is 4.90 Å². The number of furan rings is 1. The lowest BCUT2D eigenvalue weighted by molar-refractivity contribution is 0.608. The van der Waals surface area contributed by atoms with Crippen molar-refractivity contribution in [1.82, 2.24) is 4.57 Å².